The van der Waals surface area contributed by atoms with Gasteiger partial charge in [-0.2, -0.15) is 0 Å². The van der Waals surface area contributed by atoms with Gasteiger partial charge in [0, 0.05) is 24.0 Å². The lowest BCUT2D eigenvalue weighted by Crippen LogP contribution is -2.51. The highest BCUT2D eigenvalue weighted by Gasteiger charge is 2.23. The van der Waals surface area contributed by atoms with Gasteiger partial charge in [0.05, 0.1) is 0 Å². The van der Waals surface area contributed by atoms with Crippen molar-refractivity contribution < 1.29 is 4.79 Å². The van der Waals surface area contributed by atoms with E-state index in [1.807, 2.05) is 27.7 Å². The van der Waals surface area contributed by atoms with E-state index in [-0.39, 0.29) is 23.4 Å². The lowest BCUT2D eigenvalue weighted by Gasteiger charge is -2.28. The number of nitrogens with one attached hydrogen (secondary N) is 1. The van der Waals surface area contributed by atoms with Crippen molar-refractivity contribution in [2.75, 3.05) is 6.54 Å². The van der Waals surface area contributed by atoms with Crippen LogP contribution in [0.15, 0.2) is 0 Å². The highest BCUT2D eigenvalue weighted by atomic mass is 16.1. The third-order valence-electron chi connectivity index (χ3n) is 3.23. The molecule has 0 bridgehead atoms. The minimum atomic E-state index is -0.285. The zero-order valence-electron chi connectivity index (χ0n) is 10.3. The first-order chi connectivity index (χ1) is 6.86. The van der Waals surface area contributed by atoms with Crippen LogP contribution >= 0.6 is 0 Å². The third kappa shape index (κ3) is 4.62. The molecule has 5 N–H and O–H groups in total. The van der Waals surface area contributed by atoms with E-state index in [0.29, 0.717) is 6.54 Å². The fourth-order valence-corrected chi connectivity index (χ4v) is 1.16. The molecule has 4 nitrogen and oxygen atoms in total. The van der Waals surface area contributed by atoms with E-state index in [1.54, 1.807) is 0 Å². The van der Waals surface area contributed by atoms with Crippen LogP contribution in [0.25, 0.3) is 0 Å². The molecule has 0 radical (unpaired) electrons. The van der Waals surface area contributed by atoms with Crippen molar-refractivity contribution in [1.82, 2.24) is 5.32 Å². The van der Waals surface area contributed by atoms with E-state index in [2.05, 4.69) is 5.32 Å². The van der Waals surface area contributed by atoms with Gasteiger partial charge >= 0.3 is 0 Å². The minimum absolute atomic E-state index is 0.0123. The Bertz CT molecular complexity index is 200. The minimum Gasteiger partial charge on any atom is -0.354 e. The van der Waals surface area contributed by atoms with Gasteiger partial charge in [0.15, 0.2) is 0 Å². The van der Waals surface area contributed by atoms with Gasteiger partial charge in [0.1, 0.15) is 0 Å². The number of carbonyl (C=O) groups is 1. The molecule has 0 saturated carbocycles. The highest BCUT2D eigenvalue weighted by Crippen LogP contribution is 2.10. The molecule has 1 amide bonds. The van der Waals surface area contributed by atoms with Gasteiger partial charge < -0.3 is 16.8 Å². The molecular weight excluding hydrogens is 190 g/mol. The van der Waals surface area contributed by atoms with Crippen molar-refractivity contribution in [2.24, 2.45) is 17.4 Å². The van der Waals surface area contributed by atoms with E-state index in [9.17, 15) is 4.79 Å². The number of hydrogen-bond donors (Lipinski definition) is 3. The molecule has 0 aliphatic rings. The smallest absolute Gasteiger partial charge is 0.224 e. The van der Waals surface area contributed by atoms with Crippen LogP contribution in [0, 0.1) is 5.92 Å². The maximum Gasteiger partial charge on any atom is 0.224 e. The summed E-state index contributed by atoms with van der Waals surface area (Å²) in [5.74, 6) is -0.176. The molecule has 0 heterocycles. The predicted molar refractivity (Wildman–Crippen MR) is 63.3 cm³/mol. The van der Waals surface area contributed by atoms with E-state index in [0.717, 1.165) is 12.8 Å². The van der Waals surface area contributed by atoms with Crippen LogP contribution in [0.4, 0.5) is 0 Å². The molecule has 0 spiro atoms. The molecule has 2 unspecified atom stereocenters. The number of nitrogens with two attached hydrogens (primary N) is 2. The summed E-state index contributed by atoms with van der Waals surface area (Å²) in [5, 5.41) is 2.86. The Morgan fingerprint density at radius 3 is 2.13 bits per heavy atom. The summed E-state index contributed by atoms with van der Waals surface area (Å²) in [5.41, 5.74) is 11.4. The summed E-state index contributed by atoms with van der Waals surface area (Å²) < 4.78 is 0. The molecule has 0 aromatic heterocycles. The lowest BCUT2D eigenvalue weighted by molar-refractivity contribution is -0.125. The molecular formula is C11H25N3O. The summed E-state index contributed by atoms with van der Waals surface area (Å²) in [6.45, 7) is 8.25. The molecule has 0 fully saturated rings. The molecule has 0 saturated heterocycles. The lowest BCUT2D eigenvalue weighted by atomic mass is 9.93. The maximum atomic E-state index is 11.6. The van der Waals surface area contributed by atoms with Crippen LogP contribution in [-0.2, 0) is 4.79 Å². The molecule has 0 rings (SSSR count). The zero-order chi connectivity index (χ0) is 12.1. The van der Waals surface area contributed by atoms with Crippen molar-refractivity contribution in [3.8, 4) is 0 Å². The molecule has 2 atom stereocenters. The average Bonchev–Trinajstić information content (AvgIpc) is 2.24. The molecule has 0 aliphatic carbocycles. The molecule has 15 heavy (non-hydrogen) atoms. The first-order valence-corrected chi connectivity index (χ1v) is 5.68. The Balaban J connectivity index is 4.10. The van der Waals surface area contributed by atoms with Crippen LogP contribution < -0.4 is 16.8 Å². The summed E-state index contributed by atoms with van der Waals surface area (Å²) in [6, 6.07) is -0.125. The number of hydrogen-bond acceptors (Lipinski definition) is 3. The second-order valence-electron chi connectivity index (χ2n) is 4.44. The summed E-state index contributed by atoms with van der Waals surface area (Å²) in [7, 11) is 0. The Morgan fingerprint density at radius 2 is 1.80 bits per heavy atom. The van der Waals surface area contributed by atoms with E-state index >= 15 is 0 Å². The van der Waals surface area contributed by atoms with Crippen LogP contribution in [0.1, 0.15) is 40.5 Å². The largest absolute Gasteiger partial charge is 0.354 e. The Morgan fingerprint density at radius 1 is 1.33 bits per heavy atom. The van der Waals surface area contributed by atoms with E-state index in [1.165, 1.54) is 0 Å². The van der Waals surface area contributed by atoms with Crippen LogP contribution in [0.5, 0.6) is 0 Å². The van der Waals surface area contributed by atoms with Gasteiger partial charge in [-0.1, -0.05) is 20.8 Å². The Labute approximate surface area is 92.8 Å². The highest BCUT2D eigenvalue weighted by molar-refractivity contribution is 5.79. The Kier molecular flexibility index (Phi) is 5.83. The topological polar surface area (TPSA) is 81.1 Å². The first-order valence-electron chi connectivity index (χ1n) is 5.68. The average molecular weight is 215 g/mol. The standard InChI is InChI=1S/C11H25N3O/c1-5-11(13,6-2)7-14-10(15)8(3)9(4)12/h8-9H,5-7,12-13H2,1-4H3,(H,14,15). The quantitative estimate of drug-likeness (QED) is 0.607. The summed E-state index contributed by atoms with van der Waals surface area (Å²) in [4.78, 5) is 11.6. The van der Waals surface area contributed by atoms with E-state index < -0.39 is 0 Å². The van der Waals surface area contributed by atoms with Crippen LogP contribution in [0.3, 0.4) is 0 Å². The van der Waals surface area contributed by atoms with Crippen molar-refractivity contribution in [3.05, 3.63) is 0 Å². The van der Waals surface area contributed by atoms with Crippen LogP contribution in [0.2, 0.25) is 0 Å². The van der Waals surface area contributed by atoms with Crippen molar-refractivity contribution in [2.45, 2.75) is 52.1 Å². The third-order valence-corrected chi connectivity index (χ3v) is 3.23. The van der Waals surface area contributed by atoms with Crippen molar-refractivity contribution in [3.63, 3.8) is 0 Å². The van der Waals surface area contributed by atoms with Crippen molar-refractivity contribution >= 4 is 5.91 Å². The second kappa shape index (κ2) is 6.08. The van der Waals surface area contributed by atoms with Gasteiger partial charge in [-0.3, -0.25) is 4.79 Å². The molecule has 90 valence electrons. The molecule has 0 aromatic rings. The summed E-state index contributed by atoms with van der Waals surface area (Å²) in [6.07, 6.45) is 1.71. The fraction of sp³-hybridized carbons (Fsp3) is 0.909. The van der Waals surface area contributed by atoms with Crippen molar-refractivity contribution in [1.29, 1.82) is 0 Å². The van der Waals surface area contributed by atoms with Gasteiger partial charge in [0.2, 0.25) is 5.91 Å². The first kappa shape index (κ1) is 14.4. The van der Waals surface area contributed by atoms with Gasteiger partial charge in [-0.15, -0.1) is 0 Å². The van der Waals surface area contributed by atoms with Crippen LogP contribution in [-0.4, -0.2) is 24.0 Å². The zero-order valence-corrected chi connectivity index (χ0v) is 10.3. The SMILES string of the molecule is CCC(N)(CC)CNC(=O)C(C)C(C)N. The molecule has 0 aliphatic heterocycles. The molecule has 0 aromatic carbocycles. The second-order valence-corrected chi connectivity index (χ2v) is 4.44. The fourth-order valence-electron chi connectivity index (χ4n) is 1.16. The monoisotopic (exact) mass is 215 g/mol. The maximum absolute atomic E-state index is 11.6. The predicted octanol–water partition coefficient (Wildman–Crippen LogP) is 0.603. The van der Waals surface area contributed by atoms with Gasteiger partial charge in [-0.25, -0.2) is 0 Å². The number of carbonyl (C=O) groups excluding carboxylic acids is 1. The van der Waals surface area contributed by atoms with E-state index in [4.69, 9.17) is 11.5 Å². The Hall–Kier alpha value is -0.610. The van der Waals surface area contributed by atoms with Gasteiger partial charge in [-0.05, 0) is 19.8 Å². The molecule has 4 heteroatoms. The number of rotatable bonds is 6. The normalized spacial score (nSPS) is 15.9. The van der Waals surface area contributed by atoms with Gasteiger partial charge in [0.25, 0.3) is 0 Å². The summed E-state index contributed by atoms with van der Waals surface area (Å²) >= 11 is 0. The number of amides is 1.